The number of hydrogen-bond acceptors (Lipinski definition) is 4. The van der Waals surface area contributed by atoms with Gasteiger partial charge in [0.05, 0.1) is 11.0 Å². The maximum absolute atomic E-state index is 12.3. The highest BCUT2D eigenvalue weighted by atomic mass is 32.2. The number of primary sulfonamides is 1. The van der Waals surface area contributed by atoms with Gasteiger partial charge < -0.3 is 5.32 Å². The molecule has 3 N–H and O–H groups in total. The highest BCUT2D eigenvalue weighted by Gasteiger charge is 2.28. The number of fused-ring (bicyclic) bond motifs is 1. The van der Waals surface area contributed by atoms with Crippen LogP contribution < -0.4 is 10.5 Å². The molecule has 1 aromatic heterocycles. The van der Waals surface area contributed by atoms with Crippen molar-refractivity contribution in [1.29, 1.82) is 0 Å². The molecule has 3 rings (SSSR count). The van der Waals surface area contributed by atoms with Gasteiger partial charge in [-0.2, -0.15) is 0 Å². The van der Waals surface area contributed by atoms with Crippen molar-refractivity contribution in [3.05, 3.63) is 54.9 Å². The van der Waals surface area contributed by atoms with Crippen molar-refractivity contribution < 1.29 is 13.2 Å². The van der Waals surface area contributed by atoms with Gasteiger partial charge in [-0.25, -0.2) is 18.5 Å². The van der Waals surface area contributed by atoms with Gasteiger partial charge in [0.1, 0.15) is 6.33 Å². The first-order chi connectivity index (χ1) is 12.4. The summed E-state index contributed by atoms with van der Waals surface area (Å²) in [5.74, 6) is -0.616. The number of nitrogens with two attached hydrogens (primary N) is 1. The van der Waals surface area contributed by atoms with E-state index in [-0.39, 0.29) is 6.42 Å². The van der Waals surface area contributed by atoms with Gasteiger partial charge in [0.15, 0.2) is 5.25 Å². The van der Waals surface area contributed by atoms with E-state index in [1.165, 1.54) is 0 Å². The Balaban J connectivity index is 1.80. The van der Waals surface area contributed by atoms with Gasteiger partial charge in [-0.3, -0.25) is 9.36 Å². The zero-order valence-electron chi connectivity index (χ0n) is 14.3. The smallest absolute Gasteiger partial charge is 0.244 e. The third kappa shape index (κ3) is 3.76. The van der Waals surface area contributed by atoms with E-state index in [1.54, 1.807) is 25.4 Å². The molecular weight excluding hydrogens is 352 g/mol. The Hall–Kier alpha value is -2.71. The van der Waals surface area contributed by atoms with Gasteiger partial charge in [0, 0.05) is 11.4 Å². The van der Waals surface area contributed by atoms with Crippen molar-refractivity contribution >= 4 is 32.7 Å². The first-order valence-corrected chi connectivity index (χ1v) is 9.86. The van der Waals surface area contributed by atoms with Crippen molar-refractivity contribution in [2.45, 2.75) is 25.0 Å². The number of carbonyl (C=O) groups excluding carboxylic acids is 1. The van der Waals surface area contributed by atoms with Crippen LogP contribution in [0.2, 0.25) is 0 Å². The predicted octanol–water partition coefficient (Wildman–Crippen LogP) is 2.42. The van der Waals surface area contributed by atoms with Crippen LogP contribution in [0.15, 0.2) is 54.9 Å². The molecule has 0 aliphatic rings. The number of imidazole rings is 1. The molecule has 0 saturated heterocycles. The summed E-state index contributed by atoms with van der Waals surface area (Å²) >= 11 is 0. The van der Waals surface area contributed by atoms with Crippen LogP contribution in [-0.4, -0.2) is 29.1 Å². The van der Waals surface area contributed by atoms with Crippen LogP contribution in [0.5, 0.6) is 0 Å². The summed E-state index contributed by atoms with van der Waals surface area (Å²) in [5, 5.41) is 6.54. The number of aromatic nitrogens is 2. The van der Waals surface area contributed by atoms with E-state index < -0.39 is 21.2 Å². The number of anilines is 1. The average molecular weight is 372 g/mol. The zero-order valence-corrected chi connectivity index (χ0v) is 15.1. The Bertz CT molecular complexity index is 1030. The number of carbonyl (C=O) groups is 1. The number of amides is 1. The molecule has 1 amide bonds. The predicted molar refractivity (Wildman–Crippen MR) is 102 cm³/mol. The molecular formula is C18H20N4O3S. The lowest BCUT2D eigenvalue weighted by atomic mass is 10.2. The first kappa shape index (κ1) is 18.1. The number of rotatable bonds is 6. The fraction of sp³-hybridized carbons (Fsp3) is 0.222. The molecule has 0 aliphatic heterocycles. The van der Waals surface area contributed by atoms with Crippen molar-refractivity contribution in [2.24, 2.45) is 5.14 Å². The topological polar surface area (TPSA) is 107 Å². The highest BCUT2D eigenvalue weighted by molar-refractivity contribution is 7.90. The maximum atomic E-state index is 12.3. The number of benzene rings is 2. The minimum absolute atomic E-state index is 0.184. The number of nitrogens with one attached hydrogen (secondary N) is 1. The molecule has 0 fully saturated rings. The molecule has 26 heavy (non-hydrogen) atoms. The lowest BCUT2D eigenvalue weighted by molar-refractivity contribution is -0.115. The molecule has 1 atom stereocenters. The van der Waals surface area contributed by atoms with Gasteiger partial charge in [-0.1, -0.05) is 25.5 Å². The van der Waals surface area contributed by atoms with E-state index in [4.69, 9.17) is 5.14 Å². The largest absolute Gasteiger partial charge is 0.325 e. The Labute approximate surface area is 151 Å². The molecule has 1 heterocycles. The Kier molecular flexibility index (Phi) is 5.06. The van der Waals surface area contributed by atoms with Crippen LogP contribution in [0.25, 0.3) is 16.7 Å². The van der Waals surface area contributed by atoms with E-state index in [9.17, 15) is 13.2 Å². The summed E-state index contributed by atoms with van der Waals surface area (Å²) in [6.07, 6.45) is 2.46. The van der Waals surface area contributed by atoms with Crippen molar-refractivity contribution in [3.63, 3.8) is 0 Å². The summed E-state index contributed by atoms with van der Waals surface area (Å²) in [4.78, 5) is 16.6. The SMILES string of the molecule is CCCC(C(=O)Nc1ccc(-n2cnc3ccccc32)cc1)S(N)(=O)=O. The van der Waals surface area contributed by atoms with Gasteiger partial charge in [-0.05, 0) is 42.8 Å². The van der Waals surface area contributed by atoms with Gasteiger partial charge >= 0.3 is 0 Å². The normalized spacial score (nSPS) is 12.8. The van der Waals surface area contributed by atoms with Gasteiger partial charge in [-0.15, -0.1) is 0 Å². The summed E-state index contributed by atoms with van der Waals surface area (Å²) in [6.45, 7) is 1.80. The molecule has 0 saturated carbocycles. The fourth-order valence-corrected chi connectivity index (χ4v) is 3.72. The van der Waals surface area contributed by atoms with Crippen LogP contribution >= 0.6 is 0 Å². The second-order valence-corrected chi connectivity index (χ2v) is 7.75. The maximum Gasteiger partial charge on any atom is 0.244 e. The van der Waals surface area contributed by atoms with E-state index in [2.05, 4.69) is 10.3 Å². The number of nitrogens with zero attached hydrogens (tertiary/aromatic N) is 2. The zero-order chi connectivity index (χ0) is 18.7. The Morgan fingerprint density at radius 1 is 1.19 bits per heavy atom. The van der Waals surface area contributed by atoms with E-state index in [0.717, 1.165) is 16.7 Å². The van der Waals surface area contributed by atoms with E-state index >= 15 is 0 Å². The number of sulfonamides is 1. The van der Waals surface area contributed by atoms with Crippen LogP contribution in [-0.2, 0) is 14.8 Å². The summed E-state index contributed by atoms with van der Waals surface area (Å²) < 4.78 is 25.1. The fourth-order valence-electron chi connectivity index (χ4n) is 2.80. The van der Waals surface area contributed by atoms with E-state index in [1.807, 2.05) is 41.0 Å². The standard InChI is InChI=1S/C18H20N4O3S/c1-2-5-17(26(19,24)25)18(23)21-13-8-10-14(11-9-13)22-12-20-15-6-3-4-7-16(15)22/h3-4,6-12,17H,2,5H2,1H3,(H,21,23)(H2,19,24,25). The lowest BCUT2D eigenvalue weighted by Gasteiger charge is -2.14. The second kappa shape index (κ2) is 7.27. The van der Waals surface area contributed by atoms with Gasteiger partial charge in [0.2, 0.25) is 15.9 Å². The lowest BCUT2D eigenvalue weighted by Crippen LogP contribution is -2.39. The monoisotopic (exact) mass is 372 g/mol. The molecule has 7 nitrogen and oxygen atoms in total. The molecule has 8 heteroatoms. The van der Waals surface area contributed by atoms with Crippen LogP contribution in [0.1, 0.15) is 19.8 Å². The Morgan fingerprint density at radius 3 is 2.54 bits per heavy atom. The third-order valence-electron chi connectivity index (χ3n) is 4.11. The average Bonchev–Trinajstić information content (AvgIpc) is 3.03. The summed E-state index contributed by atoms with van der Waals surface area (Å²) in [5.41, 5.74) is 3.25. The van der Waals surface area contributed by atoms with Crippen LogP contribution in [0, 0.1) is 0 Å². The van der Waals surface area contributed by atoms with Crippen molar-refractivity contribution in [3.8, 4) is 5.69 Å². The number of hydrogen-bond donors (Lipinski definition) is 2. The first-order valence-electron chi connectivity index (χ1n) is 8.25. The summed E-state index contributed by atoms with van der Waals surface area (Å²) in [6, 6.07) is 14.9. The quantitative estimate of drug-likeness (QED) is 0.693. The molecule has 1 unspecified atom stereocenters. The second-order valence-electron chi connectivity index (χ2n) is 6.01. The van der Waals surface area contributed by atoms with Crippen molar-refractivity contribution in [1.82, 2.24) is 9.55 Å². The van der Waals surface area contributed by atoms with Crippen LogP contribution in [0.4, 0.5) is 5.69 Å². The molecule has 0 spiro atoms. The molecule has 2 aromatic carbocycles. The Morgan fingerprint density at radius 2 is 1.88 bits per heavy atom. The highest BCUT2D eigenvalue weighted by Crippen LogP contribution is 2.20. The molecule has 0 bridgehead atoms. The van der Waals surface area contributed by atoms with Crippen LogP contribution in [0.3, 0.4) is 0 Å². The molecule has 3 aromatic rings. The molecule has 136 valence electrons. The number of para-hydroxylation sites is 2. The van der Waals surface area contributed by atoms with E-state index in [0.29, 0.717) is 12.1 Å². The molecule has 0 radical (unpaired) electrons. The molecule has 0 aliphatic carbocycles. The minimum atomic E-state index is -3.94. The third-order valence-corrected chi connectivity index (χ3v) is 5.35. The minimum Gasteiger partial charge on any atom is -0.325 e. The summed E-state index contributed by atoms with van der Waals surface area (Å²) in [7, 11) is -3.94. The van der Waals surface area contributed by atoms with Gasteiger partial charge in [0.25, 0.3) is 0 Å². The van der Waals surface area contributed by atoms with Crippen molar-refractivity contribution in [2.75, 3.05) is 5.32 Å².